The van der Waals surface area contributed by atoms with E-state index in [0.717, 1.165) is 21.9 Å². The molecule has 138 valence electrons. The summed E-state index contributed by atoms with van der Waals surface area (Å²) >= 11 is 0. The third-order valence-electron chi connectivity index (χ3n) is 4.09. The molecule has 0 saturated carbocycles. The van der Waals surface area contributed by atoms with Crippen molar-refractivity contribution in [2.24, 2.45) is 0 Å². The summed E-state index contributed by atoms with van der Waals surface area (Å²) in [6, 6.07) is 15.9. The molecule has 4 rings (SSSR count). The van der Waals surface area contributed by atoms with Crippen molar-refractivity contribution >= 4 is 35.7 Å². The molecule has 0 amide bonds. The van der Waals surface area contributed by atoms with Crippen molar-refractivity contribution in [3.05, 3.63) is 67.0 Å². The van der Waals surface area contributed by atoms with E-state index in [9.17, 15) is 8.78 Å². The van der Waals surface area contributed by atoms with E-state index in [2.05, 4.69) is 25.0 Å². The van der Waals surface area contributed by atoms with E-state index in [-0.39, 0.29) is 5.75 Å². The molecular formula is C20H15BF2N4O. The lowest BCUT2D eigenvalue weighted by Gasteiger charge is -2.13. The maximum absolute atomic E-state index is 12.5. The van der Waals surface area contributed by atoms with Crippen LogP contribution in [0.1, 0.15) is 0 Å². The van der Waals surface area contributed by atoms with E-state index in [4.69, 9.17) is 0 Å². The minimum atomic E-state index is -2.88. The maximum Gasteiger partial charge on any atom is 0.387 e. The van der Waals surface area contributed by atoms with Gasteiger partial charge in [0.2, 0.25) is 0 Å². The Morgan fingerprint density at radius 2 is 1.89 bits per heavy atom. The van der Waals surface area contributed by atoms with Gasteiger partial charge in [0.05, 0.1) is 5.52 Å². The predicted molar refractivity (Wildman–Crippen MR) is 107 cm³/mol. The average molecular weight is 376 g/mol. The van der Waals surface area contributed by atoms with Gasteiger partial charge >= 0.3 is 6.61 Å². The average Bonchev–Trinajstić information content (AvgIpc) is 2.69. The van der Waals surface area contributed by atoms with E-state index in [1.807, 2.05) is 38.2 Å². The quantitative estimate of drug-likeness (QED) is 0.542. The molecule has 0 saturated heterocycles. The Morgan fingerprint density at radius 1 is 1.00 bits per heavy atom. The van der Waals surface area contributed by atoms with Crippen molar-refractivity contribution in [1.82, 2.24) is 15.0 Å². The molecule has 0 bridgehead atoms. The second kappa shape index (κ2) is 7.60. The standard InChI is InChI=1S/C20H15BF2N4O/c21-13-6-7-17-16(9-13)19(27-18(26-17)12-3-2-8-24-11-12)25-14-4-1-5-15(10-14)28-20(22)23/h1-11,20H,21H2,(H,25,26,27). The van der Waals surface area contributed by atoms with Gasteiger partial charge in [-0.25, -0.2) is 9.97 Å². The zero-order valence-corrected chi connectivity index (χ0v) is 14.9. The maximum atomic E-state index is 12.5. The van der Waals surface area contributed by atoms with Crippen LogP contribution in [0.3, 0.4) is 0 Å². The number of ether oxygens (including phenoxy) is 1. The van der Waals surface area contributed by atoms with Gasteiger partial charge in [-0.3, -0.25) is 4.98 Å². The van der Waals surface area contributed by atoms with Gasteiger partial charge in [-0.05, 0) is 30.3 Å². The molecular weight excluding hydrogens is 361 g/mol. The van der Waals surface area contributed by atoms with E-state index >= 15 is 0 Å². The second-order valence-electron chi connectivity index (χ2n) is 6.19. The summed E-state index contributed by atoms with van der Waals surface area (Å²) in [7, 11) is 1.98. The van der Waals surface area contributed by atoms with Crippen LogP contribution in [0.25, 0.3) is 22.3 Å². The molecule has 4 aromatic rings. The van der Waals surface area contributed by atoms with E-state index < -0.39 is 6.61 Å². The van der Waals surface area contributed by atoms with Crippen LogP contribution in [0.4, 0.5) is 20.3 Å². The lowest BCUT2D eigenvalue weighted by Crippen LogP contribution is -2.05. The summed E-state index contributed by atoms with van der Waals surface area (Å²) in [5, 5.41) is 4.03. The Bertz CT molecular complexity index is 1130. The Kier molecular flexibility index (Phi) is 4.84. The Balaban J connectivity index is 1.80. The molecule has 0 aliphatic rings. The molecule has 0 aliphatic carbocycles. The summed E-state index contributed by atoms with van der Waals surface area (Å²) in [5.41, 5.74) is 3.18. The molecule has 0 aliphatic heterocycles. The van der Waals surface area contributed by atoms with Crippen molar-refractivity contribution in [2.45, 2.75) is 6.61 Å². The number of hydrogen-bond donors (Lipinski definition) is 1. The summed E-state index contributed by atoms with van der Waals surface area (Å²) in [6.45, 7) is -2.88. The van der Waals surface area contributed by atoms with Crippen molar-refractivity contribution in [1.29, 1.82) is 0 Å². The summed E-state index contributed by atoms with van der Waals surface area (Å²) in [4.78, 5) is 13.4. The van der Waals surface area contributed by atoms with Gasteiger partial charge in [0.25, 0.3) is 0 Å². The summed E-state index contributed by atoms with van der Waals surface area (Å²) < 4.78 is 29.5. The molecule has 1 N–H and O–H groups in total. The highest BCUT2D eigenvalue weighted by Crippen LogP contribution is 2.28. The van der Waals surface area contributed by atoms with E-state index in [1.54, 1.807) is 24.5 Å². The largest absolute Gasteiger partial charge is 0.435 e. The highest BCUT2D eigenvalue weighted by Gasteiger charge is 2.11. The van der Waals surface area contributed by atoms with Gasteiger partial charge in [-0.1, -0.05) is 23.7 Å². The zero-order valence-electron chi connectivity index (χ0n) is 14.9. The molecule has 8 heteroatoms. The number of nitrogens with zero attached hydrogens (tertiary/aromatic N) is 3. The van der Waals surface area contributed by atoms with E-state index in [0.29, 0.717) is 17.3 Å². The van der Waals surface area contributed by atoms with Gasteiger partial charge in [0.1, 0.15) is 19.4 Å². The number of rotatable bonds is 5. The molecule has 28 heavy (non-hydrogen) atoms. The first kappa shape index (κ1) is 17.8. The number of aromatic nitrogens is 3. The van der Waals surface area contributed by atoms with Gasteiger partial charge in [0, 0.05) is 35.1 Å². The smallest absolute Gasteiger partial charge is 0.387 e. The van der Waals surface area contributed by atoms with Crippen LogP contribution in [0, 0.1) is 0 Å². The highest BCUT2D eigenvalue weighted by molar-refractivity contribution is 6.33. The molecule has 0 spiro atoms. The third kappa shape index (κ3) is 3.90. The Hall–Kier alpha value is -3.55. The SMILES string of the molecule is Bc1ccc2nc(-c3cccnc3)nc(Nc3cccc(OC(F)F)c3)c2c1. The van der Waals surface area contributed by atoms with Crippen molar-refractivity contribution in [2.75, 3.05) is 5.32 Å². The highest BCUT2D eigenvalue weighted by atomic mass is 19.3. The first-order valence-corrected chi connectivity index (χ1v) is 8.59. The van der Waals surface area contributed by atoms with Gasteiger partial charge in [-0.15, -0.1) is 0 Å². The minimum Gasteiger partial charge on any atom is -0.435 e. The molecule has 0 unspecified atom stereocenters. The van der Waals surface area contributed by atoms with Gasteiger partial charge < -0.3 is 10.1 Å². The molecule has 2 aromatic carbocycles. The van der Waals surface area contributed by atoms with E-state index in [1.165, 1.54) is 12.1 Å². The van der Waals surface area contributed by atoms with Crippen LogP contribution in [0.5, 0.6) is 5.75 Å². The molecule has 0 fully saturated rings. The van der Waals surface area contributed by atoms with Crippen molar-refractivity contribution in [3.63, 3.8) is 0 Å². The van der Waals surface area contributed by atoms with Crippen LogP contribution in [0.15, 0.2) is 67.0 Å². The molecule has 0 atom stereocenters. The Labute approximate surface area is 160 Å². The monoisotopic (exact) mass is 376 g/mol. The first-order valence-electron chi connectivity index (χ1n) is 8.59. The second-order valence-corrected chi connectivity index (χ2v) is 6.19. The molecule has 0 radical (unpaired) electrons. The van der Waals surface area contributed by atoms with Gasteiger partial charge in [-0.2, -0.15) is 8.78 Å². The summed E-state index contributed by atoms with van der Waals surface area (Å²) in [5.74, 6) is 1.16. The lowest BCUT2D eigenvalue weighted by atomic mass is 9.95. The molecule has 5 nitrogen and oxygen atoms in total. The first-order chi connectivity index (χ1) is 13.6. The lowest BCUT2D eigenvalue weighted by molar-refractivity contribution is -0.0497. The van der Waals surface area contributed by atoms with Crippen molar-refractivity contribution < 1.29 is 13.5 Å². The molecule has 2 heterocycles. The fourth-order valence-corrected chi connectivity index (χ4v) is 2.85. The van der Waals surface area contributed by atoms with Crippen LogP contribution >= 0.6 is 0 Å². The summed E-state index contributed by atoms with van der Waals surface area (Å²) in [6.07, 6.45) is 3.37. The number of anilines is 2. The minimum absolute atomic E-state index is 0.0713. The number of benzene rings is 2. The fraction of sp³-hybridized carbons (Fsp3) is 0.0500. The fourth-order valence-electron chi connectivity index (χ4n) is 2.85. The third-order valence-corrected chi connectivity index (χ3v) is 4.09. The number of alkyl halides is 2. The number of fused-ring (bicyclic) bond motifs is 1. The number of pyridine rings is 1. The number of hydrogen-bond acceptors (Lipinski definition) is 5. The number of nitrogens with one attached hydrogen (secondary N) is 1. The van der Waals surface area contributed by atoms with Gasteiger partial charge in [0.15, 0.2) is 5.82 Å². The van der Waals surface area contributed by atoms with Crippen molar-refractivity contribution in [3.8, 4) is 17.1 Å². The van der Waals surface area contributed by atoms with Crippen LogP contribution in [0.2, 0.25) is 0 Å². The predicted octanol–water partition coefficient (Wildman–Crippen LogP) is 3.30. The van der Waals surface area contributed by atoms with Crippen LogP contribution in [-0.4, -0.2) is 29.4 Å². The van der Waals surface area contributed by atoms with Crippen LogP contribution in [-0.2, 0) is 0 Å². The topological polar surface area (TPSA) is 59.9 Å². The molecule has 2 aromatic heterocycles. The normalized spacial score (nSPS) is 11.0. The van der Waals surface area contributed by atoms with Crippen LogP contribution < -0.4 is 15.5 Å². The number of halogens is 2. The zero-order chi connectivity index (χ0) is 19.5. The Morgan fingerprint density at radius 3 is 2.68 bits per heavy atom.